The quantitative estimate of drug-likeness (QED) is 0.852. The summed E-state index contributed by atoms with van der Waals surface area (Å²) in [7, 11) is 0. The van der Waals surface area contributed by atoms with Gasteiger partial charge in [0.15, 0.2) is 0 Å². The van der Waals surface area contributed by atoms with Crippen LogP contribution in [0.4, 0.5) is 0 Å². The van der Waals surface area contributed by atoms with Crippen molar-refractivity contribution < 1.29 is 9.53 Å². The van der Waals surface area contributed by atoms with Crippen LogP contribution in [0.1, 0.15) is 31.3 Å². The van der Waals surface area contributed by atoms with Crippen molar-refractivity contribution in [1.82, 2.24) is 10.3 Å². The molecule has 21 heavy (non-hydrogen) atoms. The van der Waals surface area contributed by atoms with E-state index >= 15 is 0 Å². The van der Waals surface area contributed by atoms with Gasteiger partial charge in [0, 0.05) is 17.5 Å². The van der Waals surface area contributed by atoms with Crippen LogP contribution >= 0.6 is 11.3 Å². The Morgan fingerprint density at radius 3 is 2.76 bits per heavy atom. The first-order valence-electron chi connectivity index (χ1n) is 7.04. The summed E-state index contributed by atoms with van der Waals surface area (Å²) in [4.78, 5) is 16.3. The number of carbonyl (C=O) groups excluding carboxylic acids is 1. The van der Waals surface area contributed by atoms with Crippen molar-refractivity contribution in [3.8, 4) is 5.75 Å². The number of ether oxygens (including phenoxy) is 1. The van der Waals surface area contributed by atoms with Crippen LogP contribution in [-0.2, 0) is 4.79 Å². The average molecular weight is 304 g/mol. The standard InChI is InChI=1S/C16H20N2O2S/c1-12(8-10-20-14-6-4-3-5-7-14)15(19)18-13(2)16-17-9-11-21-16/h3-7,9,11-13H,8,10H2,1-2H3,(H,18,19). The number of rotatable bonds is 7. The van der Waals surface area contributed by atoms with Crippen LogP contribution in [0.3, 0.4) is 0 Å². The predicted octanol–water partition coefficient (Wildman–Crippen LogP) is 3.43. The zero-order chi connectivity index (χ0) is 15.1. The zero-order valence-corrected chi connectivity index (χ0v) is 13.1. The van der Waals surface area contributed by atoms with E-state index in [4.69, 9.17) is 4.74 Å². The molecule has 1 aromatic carbocycles. The van der Waals surface area contributed by atoms with E-state index in [9.17, 15) is 4.79 Å². The molecule has 5 heteroatoms. The molecule has 2 rings (SSSR count). The summed E-state index contributed by atoms with van der Waals surface area (Å²) >= 11 is 1.55. The number of hydrogen-bond donors (Lipinski definition) is 1. The maximum absolute atomic E-state index is 12.1. The second kappa shape index (κ2) is 7.78. The molecule has 0 saturated heterocycles. The molecule has 0 aliphatic rings. The molecule has 1 aromatic heterocycles. The molecule has 0 aliphatic heterocycles. The lowest BCUT2D eigenvalue weighted by molar-refractivity contribution is -0.125. The SMILES string of the molecule is CC(CCOc1ccccc1)C(=O)NC(C)c1nccs1. The van der Waals surface area contributed by atoms with Gasteiger partial charge in [-0.05, 0) is 25.5 Å². The molecule has 0 spiro atoms. The van der Waals surface area contributed by atoms with Gasteiger partial charge in [0.05, 0.1) is 12.6 Å². The van der Waals surface area contributed by atoms with Crippen LogP contribution in [0.5, 0.6) is 5.75 Å². The first-order chi connectivity index (χ1) is 10.2. The minimum atomic E-state index is -0.0869. The van der Waals surface area contributed by atoms with E-state index in [-0.39, 0.29) is 17.9 Å². The van der Waals surface area contributed by atoms with Crippen LogP contribution in [-0.4, -0.2) is 17.5 Å². The molecule has 0 saturated carbocycles. The Kier molecular flexibility index (Phi) is 5.75. The van der Waals surface area contributed by atoms with E-state index in [2.05, 4.69) is 10.3 Å². The molecule has 2 atom stereocenters. The second-order valence-corrected chi connectivity index (χ2v) is 5.88. The lowest BCUT2D eigenvalue weighted by atomic mass is 10.1. The highest BCUT2D eigenvalue weighted by atomic mass is 32.1. The van der Waals surface area contributed by atoms with Gasteiger partial charge in [-0.2, -0.15) is 0 Å². The normalized spacial score (nSPS) is 13.4. The van der Waals surface area contributed by atoms with E-state index in [1.54, 1.807) is 17.5 Å². The van der Waals surface area contributed by atoms with Crippen molar-refractivity contribution in [3.05, 3.63) is 46.9 Å². The maximum atomic E-state index is 12.1. The number of aromatic nitrogens is 1. The molecule has 0 radical (unpaired) electrons. The molecule has 2 unspecified atom stereocenters. The first-order valence-corrected chi connectivity index (χ1v) is 7.92. The average Bonchev–Trinajstić information content (AvgIpc) is 3.02. The summed E-state index contributed by atoms with van der Waals surface area (Å²) in [5.74, 6) is 0.784. The summed E-state index contributed by atoms with van der Waals surface area (Å²) in [6.45, 7) is 4.40. The number of nitrogens with zero attached hydrogens (tertiary/aromatic N) is 1. The Morgan fingerprint density at radius 2 is 2.10 bits per heavy atom. The van der Waals surface area contributed by atoms with E-state index in [0.29, 0.717) is 13.0 Å². The van der Waals surface area contributed by atoms with Crippen molar-refractivity contribution in [1.29, 1.82) is 0 Å². The molecule has 0 fully saturated rings. The number of carbonyl (C=O) groups is 1. The Bertz CT molecular complexity index is 543. The molecular weight excluding hydrogens is 284 g/mol. The summed E-state index contributed by atoms with van der Waals surface area (Å²) in [5.41, 5.74) is 0. The van der Waals surface area contributed by atoms with E-state index in [1.165, 1.54) is 0 Å². The predicted molar refractivity (Wildman–Crippen MR) is 84.4 cm³/mol. The molecule has 1 amide bonds. The van der Waals surface area contributed by atoms with Gasteiger partial charge < -0.3 is 10.1 Å². The molecule has 0 bridgehead atoms. The number of hydrogen-bond acceptors (Lipinski definition) is 4. The monoisotopic (exact) mass is 304 g/mol. The molecule has 0 aliphatic carbocycles. The molecular formula is C16H20N2O2S. The van der Waals surface area contributed by atoms with Gasteiger partial charge in [0.1, 0.15) is 10.8 Å². The van der Waals surface area contributed by atoms with E-state index in [0.717, 1.165) is 10.8 Å². The Balaban J connectivity index is 1.72. The fraction of sp³-hybridized carbons (Fsp3) is 0.375. The smallest absolute Gasteiger partial charge is 0.223 e. The topological polar surface area (TPSA) is 51.2 Å². The first kappa shape index (κ1) is 15.5. The van der Waals surface area contributed by atoms with Crippen LogP contribution in [0, 0.1) is 5.92 Å². The van der Waals surface area contributed by atoms with Crippen LogP contribution in [0.15, 0.2) is 41.9 Å². The zero-order valence-electron chi connectivity index (χ0n) is 12.3. The third-order valence-electron chi connectivity index (χ3n) is 3.19. The van der Waals surface area contributed by atoms with Gasteiger partial charge in [0.25, 0.3) is 0 Å². The summed E-state index contributed by atoms with van der Waals surface area (Å²) in [6, 6.07) is 9.59. The minimum Gasteiger partial charge on any atom is -0.494 e. The van der Waals surface area contributed by atoms with Crippen LogP contribution < -0.4 is 10.1 Å². The highest BCUT2D eigenvalue weighted by Crippen LogP contribution is 2.16. The molecule has 1 N–H and O–H groups in total. The van der Waals surface area contributed by atoms with Crippen molar-refractivity contribution in [3.63, 3.8) is 0 Å². The lowest BCUT2D eigenvalue weighted by Crippen LogP contribution is -2.32. The summed E-state index contributed by atoms with van der Waals surface area (Å²) in [5, 5.41) is 5.82. The lowest BCUT2D eigenvalue weighted by Gasteiger charge is -2.16. The van der Waals surface area contributed by atoms with E-state index < -0.39 is 0 Å². The fourth-order valence-electron chi connectivity index (χ4n) is 1.87. The van der Waals surface area contributed by atoms with Crippen molar-refractivity contribution in [2.24, 2.45) is 5.92 Å². The number of nitrogens with one attached hydrogen (secondary N) is 1. The Labute approximate surface area is 129 Å². The number of para-hydroxylation sites is 1. The summed E-state index contributed by atoms with van der Waals surface area (Å²) in [6.07, 6.45) is 2.44. The van der Waals surface area contributed by atoms with Gasteiger partial charge >= 0.3 is 0 Å². The largest absolute Gasteiger partial charge is 0.494 e. The highest BCUT2D eigenvalue weighted by Gasteiger charge is 2.17. The minimum absolute atomic E-state index is 0.0364. The fourth-order valence-corrected chi connectivity index (χ4v) is 2.51. The van der Waals surface area contributed by atoms with Gasteiger partial charge in [0.2, 0.25) is 5.91 Å². The summed E-state index contributed by atoms with van der Waals surface area (Å²) < 4.78 is 5.61. The maximum Gasteiger partial charge on any atom is 0.223 e. The van der Waals surface area contributed by atoms with Crippen molar-refractivity contribution in [2.45, 2.75) is 26.3 Å². The Morgan fingerprint density at radius 1 is 1.33 bits per heavy atom. The Hall–Kier alpha value is -1.88. The van der Waals surface area contributed by atoms with Crippen LogP contribution in [0.25, 0.3) is 0 Å². The van der Waals surface area contributed by atoms with Crippen LogP contribution in [0.2, 0.25) is 0 Å². The third-order valence-corrected chi connectivity index (χ3v) is 4.15. The van der Waals surface area contributed by atoms with Gasteiger partial charge in [-0.25, -0.2) is 4.98 Å². The number of benzene rings is 1. The van der Waals surface area contributed by atoms with Gasteiger partial charge in [-0.1, -0.05) is 25.1 Å². The molecule has 112 valence electrons. The molecule has 4 nitrogen and oxygen atoms in total. The third kappa shape index (κ3) is 4.86. The van der Waals surface area contributed by atoms with Gasteiger partial charge in [-0.3, -0.25) is 4.79 Å². The molecule has 2 aromatic rings. The van der Waals surface area contributed by atoms with Crippen molar-refractivity contribution in [2.75, 3.05) is 6.61 Å². The number of thiazole rings is 1. The van der Waals surface area contributed by atoms with Gasteiger partial charge in [-0.15, -0.1) is 11.3 Å². The van der Waals surface area contributed by atoms with E-state index in [1.807, 2.05) is 49.6 Å². The molecule has 1 heterocycles. The highest BCUT2D eigenvalue weighted by molar-refractivity contribution is 7.09. The second-order valence-electron chi connectivity index (χ2n) is 4.95. The van der Waals surface area contributed by atoms with Crippen molar-refractivity contribution >= 4 is 17.2 Å². The number of amides is 1.